The van der Waals surface area contributed by atoms with Crippen molar-refractivity contribution in [1.29, 1.82) is 0 Å². The number of fused-ring (bicyclic) bond motifs is 1. The molecule has 8 nitrogen and oxygen atoms in total. The van der Waals surface area contributed by atoms with E-state index in [0.29, 0.717) is 17.4 Å². The van der Waals surface area contributed by atoms with Gasteiger partial charge in [0.1, 0.15) is 18.2 Å². The van der Waals surface area contributed by atoms with Crippen molar-refractivity contribution in [3.63, 3.8) is 0 Å². The number of hydrogen-bond acceptors (Lipinski definition) is 5. The molecule has 2 aromatic carbocycles. The van der Waals surface area contributed by atoms with Crippen molar-refractivity contribution in [2.45, 2.75) is 20.4 Å². The second kappa shape index (κ2) is 7.98. The van der Waals surface area contributed by atoms with Gasteiger partial charge in [-0.05, 0) is 37.6 Å². The molecular weight excluding hydrogens is 406 g/mol. The van der Waals surface area contributed by atoms with Gasteiger partial charge in [0.25, 0.3) is 0 Å². The highest BCUT2D eigenvalue weighted by molar-refractivity contribution is 5.90. The zero-order valence-corrected chi connectivity index (χ0v) is 16.7. The van der Waals surface area contributed by atoms with E-state index in [1.54, 1.807) is 13.0 Å². The Morgan fingerprint density at radius 1 is 1.06 bits per heavy atom. The molecule has 0 atom stereocenters. The number of carbonyl (C=O) groups is 1. The van der Waals surface area contributed by atoms with Crippen LogP contribution in [0, 0.1) is 25.5 Å². The van der Waals surface area contributed by atoms with Crippen LogP contribution in [0.1, 0.15) is 11.3 Å². The molecule has 2 N–H and O–H groups in total. The van der Waals surface area contributed by atoms with Crippen molar-refractivity contribution in [3.8, 4) is 0 Å². The highest BCUT2D eigenvalue weighted by Crippen LogP contribution is 2.19. The van der Waals surface area contributed by atoms with Crippen LogP contribution in [0.15, 0.2) is 53.3 Å². The lowest BCUT2D eigenvalue weighted by atomic mass is 10.2. The molecule has 0 saturated heterocycles. The second-order valence-corrected chi connectivity index (χ2v) is 7.00. The molecule has 2 aromatic heterocycles. The second-order valence-electron chi connectivity index (χ2n) is 7.00. The number of aryl methyl sites for hydroxylation is 2. The number of carbonyl (C=O) groups excluding carboxylic acids is 1. The van der Waals surface area contributed by atoms with Crippen LogP contribution in [0.5, 0.6) is 0 Å². The predicted octanol–water partition coefficient (Wildman–Crippen LogP) is 3.17. The monoisotopic (exact) mass is 424 g/mol. The third kappa shape index (κ3) is 4.27. The topological polar surface area (TPSA) is 93.3 Å². The van der Waals surface area contributed by atoms with Crippen LogP contribution in [0.3, 0.4) is 0 Å². The van der Waals surface area contributed by atoms with E-state index in [2.05, 4.69) is 20.7 Å². The van der Waals surface area contributed by atoms with Crippen LogP contribution < -0.4 is 16.3 Å². The lowest BCUT2D eigenvalue weighted by molar-refractivity contribution is -0.117. The molecule has 4 rings (SSSR count). The van der Waals surface area contributed by atoms with Crippen molar-refractivity contribution < 1.29 is 13.6 Å². The SMILES string of the molecule is Cc1cc2nn(CC(=O)Nc3cc(F)cc(F)c3)c(=O)n2c(Nc2ccccc2C)n1. The average Bonchev–Trinajstić information content (AvgIpc) is 2.97. The number of nitrogens with zero attached hydrogens (tertiary/aromatic N) is 4. The Bertz CT molecular complexity index is 1340. The molecule has 0 saturated carbocycles. The van der Waals surface area contributed by atoms with Gasteiger partial charge in [-0.25, -0.2) is 27.6 Å². The van der Waals surface area contributed by atoms with Gasteiger partial charge < -0.3 is 10.6 Å². The number of anilines is 3. The minimum atomic E-state index is -0.825. The maximum atomic E-state index is 13.3. The van der Waals surface area contributed by atoms with E-state index in [9.17, 15) is 18.4 Å². The molecule has 158 valence electrons. The standard InChI is InChI=1S/C21H18F2N6O2/c1-12-5-3-4-6-17(12)26-20-24-13(2)7-18-27-28(21(31)29(18)20)11-19(30)25-16-9-14(22)8-15(23)10-16/h3-10H,11H2,1-2H3,(H,24,26)(H,25,30). The fraction of sp³-hybridized carbons (Fsp3) is 0.143. The van der Waals surface area contributed by atoms with E-state index in [0.717, 1.165) is 28.1 Å². The van der Waals surface area contributed by atoms with Crippen molar-refractivity contribution in [3.05, 3.63) is 81.9 Å². The van der Waals surface area contributed by atoms with Crippen LogP contribution in [0.4, 0.5) is 26.1 Å². The Balaban J connectivity index is 1.65. The summed E-state index contributed by atoms with van der Waals surface area (Å²) in [4.78, 5) is 29.6. The summed E-state index contributed by atoms with van der Waals surface area (Å²) in [6, 6.07) is 11.8. The van der Waals surface area contributed by atoms with Gasteiger partial charge in [0, 0.05) is 29.2 Å². The molecule has 0 bridgehead atoms. The van der Waals surface area contributed by atoms with Gasteiger partial charge >= 0.3 is 5.69 Å². The first kappa shape index (κ1) is 20.2. The van der Waals surface area contributed by atoms with Crippen molar-refractivity contribution in [2.24, 2.45) is 0 Å². The summed E-state index contributed by atoms with van der Waals surface area (Å²) in [5, 5.41) is 9.68. The Kier molecular flexibility index (Phi) is 5.20. The smallest absolute Gasteiger partial charge is 0.325 e. The molecular formula is C21H18F2N6O2. The number of para-hydroxylation sites is 1. The first-order valence-corrected chi connectivity index (χ1v) is 9.36. The Labute approximate surface area is 175 Å². The van der Waals surface area contributed by atoms with Gasteiger partial charge in [0.05, 0.1) is 0 Å². The maximum Gasteiger partial charge on any atom is 0.353 e. The minimum Gasteiger partial charge on any atom is -0.325 e. The minimum absolute atomic E-state index is 0.0567. The van der Waals surface area contributed by atoms with Gasteiger partial charge in [0.15, 0.2) is 5.65 Å². The van der Waals surface area contributed by atoms with Gasteiger partial charge in [-0.15, -0.1) is 5.10 Å². The lowest BCUT2D eigenvalue weighted by Gasteiger charge is -2.10. The van der Waals surface area contributed by atoms with Gasteiger partial charge in [-0.2, -0.15) is 0 Å². The van der Waals surface area contributed by atoms with Gasteiger partial charge in [0.2, 0.25) is 11.9 Å². The summed E-state index contributed by atoms with van der Waals surface area (Å²) >= 11 is 0. The highest BCUT2D eigenvalue weighted by atomic mass is 19.1. The number of amides is 1. The van der Waals surface area contributed by atoms with E-state index in [1.807, 2.05) is 31.2 Å². The number of benzene rings is 2. The molecule has 4 aromatic rings. The molecule has 0 aliphatic heterocycles. The highest BCUT2D eigenvalue weighted by Gasteiger charge is 2.16. The summed E-state index contributed by atoms with van der Waals surface area (Å²) < 4.78 is 28.9. The zero-order chi connectivity index (χ0) is 22.1. The molecule has 2 heterocycles. The maximum absolute atomic E-state index is 13.3. The molecule has 31 heavy (non-hydrogen) atoms. The summed E-state index contributed by atoms with van der Waals surface area (Å²) in [7, 11) is 0. The molecule has 0 spiro atoms. The lowest BCUT2D eigenvalue weighted by Crippen LogP contribution is -2.29. The normalized spacial score (nSPS) is 11.0. The molecule has 10 heteroatoms. The van der Waals surface area contributed by atoms with E-state index in [4.69, 9.17) is 0 Å². The van der Waals surface area contributed by atoms with Crippen LogP contribution in [-0.4, -0.2) is 25.1 Å². The van der Waals surface area contributed by atoms with E-state index >= 15 is 0 Å². The van der Waals surface area contributed by atoms with E-state index < -0.39 is 29.8 Å². The summed E-state index contributed by atoms with van der Waals surface area (Å²) in [5.74, 6) is -2.05. The van der Waals surface area contributed by atoms with E-state index in [-0.39, 0.29) is 11.6 Å². The predicted molar refractivity (Wildman–Crippen MR) is 111 cm³/mol. The molecule has 0 aliphatic rings. The molecule has 0 fully saturated rings. The fourth-order valence-electron chi connectivity index (χ4n) is 3.14. The van der Waals surface area contributed by atoms with Crippen molar-refractivity contribution in [2.75, 3.05) is 10.6 Å². The third-order valence-corrected chi connectivity index (χ3v) is 4.53. The third-order valence-electron chi connectivity index (χ3n) is 4.53. The number of rotatable bonds is 5. The molecule has 0 unspecified atom stereocenters. The zero-order valence-electron chi connectivity index (χ0n) is 16.7. The molecule has 1 amide bonds. The van der Waals surface area contributed by atoms with Crippen LogP contribution in [0.25, 0.3) is 5.65 Å². The van der Waals surface area contributed by atoms with Gasteiger partial charge in [-0.3, -0.25) is 4.79 Å². The number of nitrogens with one attached hydrogen (secondary N) is 2. The first-order chi connectivity index (χ1) is 14.8. The van der Waals surface area contributed by atoms with Gasteiger partial charge in [-0.1, -0.05) is 18.2 Å². The van der Waals surface area contributed by atoms with Crippen molar-refractivity contribution in [1.82, 2.24) is 19.2 Å². The van der Waals surface area contributed by atoms with Crippen LogP contribution in [0.2, 0.25) is 0 Å². The van der Waals surface area contributed by atoms with Crippen LogP contribution >= 0.6 is 0 Å². The number of hydrogen-bond donors (Lipinski definition) is 2. The molecule has 0 aliphatic carbocycles. The Morgan fingerprint density at radius 2 is 1.77 bits per heavy atom. The average molecular weight is 424 g/mol. The Morgan fingerprint density at radius 3 is 2.48 bits per heavy atom. The Hall–Kier alpha value is -4.08. The van der Waals surface area contributed by atoms with E-state index in [1.165, 1.54) is 4.40 Å². The summed E-state index contributed by atoms with van der Waals surface area (Å²) in [5.41, 5.74) is 2.02. The fourth-order valence-corrected chi connectivity index (χ4v) is 3.14. The number of aromatic nitrogens is 4. The first-order valence-electron chi connectivity index (χ1n) is 9.36. The molecule has 0 radical (unpaired) electrons. The van der Waals surface area contributed by atoms with Crippen LogP contribution in [-0.2, 0) is 11.3 Å². The largest absolute Gasteiger partial charge is 0.353 e. The summed E-state index contributed by atoms with van der Waals surface area (Å²) in [6.45, 7) is 3.24. The number of halogens is 2. The quantitative estimate of drug-likeness (QED) is 0.513. The van der Waals surface area contributed by atoms with Crippen molar-refractivity contribution >= 4 is 28.9 Å². The summed E-state index contributed by atoms with van der Waals surface area (Å²) in [6.07, 6.45) is 0.